The first kappa shape index (κ1) is 8.24. The number of ether oxygens (including phenoxy) is 1. The van der Waals surface area contributed by atoms with E-state index in [1.807, 2.05) is 7.05 Å². The molecule has 1 heterocycles. The van der Waals surface area contributed by atoms with Crippen LogP contribution >= 0.6 is 0 Å². The van der Waals surface area contributed by atoms with Crippen molar-refractivity contribution in [1.82, 2.24) is 0 Å². The van der Waals surface area contributed by atoms with E-state index < -0.39 is 0 Å². The molecule has 0 atom stereocenters. The van der Waals surface area contributed by atoms with Crippen molar-refractivity contribution in [3.63, 3.8) is 0 Å². The fourth-order valence-corrected chi connectivity index (χ4v) is 2.43. The fraction of sp³-hybridized carbons (Fsp3) is 0.900. The highest BCUT2D eigenvalue weighted by atomic mass is 16.5. The summed E-state index contributed by atoms with van der Waals surface area (Å²) in [6.07, 6.45) is 7.35. The standard InChI is InChI=1S/C10H17NO/c1-11-9-4-7-12-10(8-9)5-2-3-6-10/h2-8H2,1H3. The molecule has 2 nitrogen and oxygen atoms in total. The molecule has 0 aromatic carbocycles. The third kappa shape index (κ3) is 1.40. The third-order valence-corrected chi connectivity index (χ3v) is 3.16. The van der Waals surface area contributed by atoms with Gasteiger partial charge >= 0.3 is 0 Å². The Morgan fingerprint density at radius 1 is 1.33 bits per heavy atom. The smallest absolute Gasteiger partial charge is 0.0734 e. The molecule has 2 heteroatoms. The minimum absolute atomic E-state index is 0.215. The lowest BCUT2D eigenvalue weighted by Crippen LogP contribution is -2.37. The van der Waals surface area contributed by atoms with Gasteiger partial charge in [-0.15, -0.1) is 0 Å². The lowest BCUT2D eigenvalue weighted by molar-refractivity contribution is -0.0431. The van der Waals surface area contributed by atoms with Crippen molar-refractivity contribution in [2.45, 2.75) is 44.1 Å². The Kier molecular flexibility index (Phi) is 2.18. The molecule has 1 spiro atoms. The van der Waals surface area contributed by atoms with Gasteiger partial charge in [-0.1, -0.05) is 12.8 Å². The number of aliphatic imine (C=N–C) groups is 1. The fourth-order valence-electron chi connectivity index (χ4n) is 2.43. The Morgan fingerprint density at radius 3 is 2.75 bits per heavy atom. The van der Waals surface area contributed by atoms with Crippen LogP contribution in [0.5, 0.6) is 0 Å². The average molecular weight is 167 g/mol. The molecule has 2 rings (SSSR count). The molecular formula is C10H17NO. The Morgan fingerprint density at radius 2 is 2.08 bits per heavy atom. The van der Waals surface area contributed by atoms with Crippen LogP contribution in [-0.4, -0.2) is 25.0 Å². The van der Waals surface area contributed by atoms with Gasteiger partial charge in [0.25, 0.3) is 0 Å². The van der Waals surface area contributed by atoms with E-state index in [2.05, 4.69) is 4.99 Å². The van der Waals surface area contributed by atoms with Gasteiger partial charge in [0.05, 0.1) is 12.2 Å². The van der Waals surface area contributed by atoms with E-state index in [9.17, 15) is 0 Å². The van der Waals surface area contributed by atoms with Gasteiger partial charge < -0.3 is 4.74 Å². The summed E-state index contributed by atoms with van der Waals surface area (Å²) in [6.45, 7) is 0.896. The zero-order chi connectivity index (χ0) is 8.44. The van der Waals surface area contributed by atoms with Crippen LogP contribution < -0.4 is 0 Å². The lowest BCUT2D eigenvalue weighted by atomic mass is 9.91. The zero-order valence-electron chi connectivity index (χ0n) is 7.81. The molecule has 0 amide bonds. The van der Waals surface area contributed by atoms with Crippen molar-refractivity contribution in [2.24, 2.45) is 4.99 Å². The topological polar surface area (TPSA) is 21.6 Å². The maximum Gasteiger partial charge on any atom is 0.0734 e. The lowest BCUT2D eigenvalue weighted by Gasteiger charge is -2.34. The van der Waals surface area contributed by atoms with E-state index >= 15 is 0 Å². The first-order chi connectivity index (χ1) is 5.85. The third-order valence-electron chi connectivity index (χ3n) is 3.16. The Hall–Kier alpha value is -0.370. The highest BCUT2D eigenvalue weighted by Gasteiger charge is 2.38. The van der Waals surface area contributed by atoms with E-state index in [1.165, 1.54) is 31.4 Å². The second-order valence-corrected chi connectivity index (χ2v) is 3.96. The van der Waals surface area contributed by atoms with Crippen LogP contribution in [0.4, 0.5) is 0 Å². The van der Waals surface area contributed by atoms with E-state index in [1.54, 1.807) is 0 Å². The summed E-state index contributed by atoms with van der Waals surface area (Å²) in [5.41, 5.74) is 1.58. The van der Waals surface area contributed by atoms with Gasteiger partial charge in [-0.3, -0.25) is 4.99 Å². The number of nitrogens with zero attached hydrogens (tertiary/aromatic N) is 1. The molecule has 0 aromatic heterocycles. The molecule has 0 aromatic rings. The Bertz CT molecular complexity index is 192. The molecule has 12 heavy (non-hydrogen) atoms. The van der Waals surface area contributed by atoms with Gasteiger partial charge in [-0.05, 0) is 12.8 Å². The van der Waals surface area contributed by atoms with Crippen molar-refractivity contribution < 1.29 is 4.74 Å². The van der Waals surface area contributed by atoms with Crippen LogP contribution in [0.3, 0.4) is 0 Å². The summed E-state index contributed by atoms with van der Waals surface area (Å²) in [5.74, 6) is 0. The molecular weight excluding hydrogens is 150 g/mol. The van der Waals surface area contributed by atoms with Crippen LogP contribution in [0.2, 0.25) is 0 Å². The first-order valence-electron chi connectivity index (χ1n) is 4.93. The van der Waals surface area contributed by atoms with Crippen molar-refractivity contribution in [3.05, 3.63) is 0 Å². The minimum atomic E-state index is 0.215. The first-order valence-corrected chi connectivity index (χ1v) is 4.93. The highest BCUT2D eigenvalue weighted by Crippen LogP contribution is 2.38. The predicted molar refractivity (Wildman–Crippen MR) is 49.7 cm³/mol. The van der Waals surface area contributed by atoms with E-state index in [0.717, 1.165) is 19.4 Å². The Labute approximate surface area is 74.0 Å². The zero-order valence-corrected chi connectivity index (χ0v) is 7.81. The molecule has 68 valence electrons. The van der Waals surface area contributed by atoms with Gasteiger partial charge in [0, 0.05) is 25.6 Å². The molecule has 1 saturated heterocycles. The van der Waals surface area contributed by atoms with E-state index in [4.69, 9.17) is 4.74 Å². The number of rotatable bonds is 0. The molecule has 0 N–H and O–H groups in total. The quantitative estimate of drug-likeness (QED) is 0.542. The van der Waals surface area contributed by atoms with Gasteiger partial charge in [0.15, 0.2) is 0 Å². The summed E-state index contributed by atoms with van der Waals surface area (Å²) in [7, 11) is 1.91. The number of hydrogen-bond donors (Lipinski definition) is 0. The van der Waals surface area contributed by atoms with Crippen molar-refractivity contribution in [1.29, 1.82) is 0 Å². The summed E-state index contributed by atoms with van der Waals surface area (Å²) in [5, 5.41) is 0. The normalized spacial score (nSPS) is 31.6. The number of hydrogen-bond acceptors (Lipinski definition) is 2. The maximum absolute atomic E-state index is 5.88. The van der Waals surface area contributed by atoms with Crippen LogP contribution in [0.1, 0.15) is 38.5 Å². The predicted octanol–water partition coefficient (Wildman–Crippen LogP) is 2.18. The van der Waals surface area contributed by atoms with Gasteiger partial charge in [0.2, 0.25) is 0 Å². The average Bonchev–Trinajstić information content (AvgIpc) is 2.53. The molecule has 2 fully saturated rings. The minimum Gasteiger partial charge on any atom is -0.374 e. The highest BCUT2D eigenvalue weighted by molar-refractivity contribution is 5.86. The van der Waals surface area contributed by atoms with Crippen LogP contribution in [0.15, 0.2) is 4.99 Å². The molecule has 1 saturated carbocycles. The molecule has 0 bridgehead atoms. The molecule has 1 aliphatic carbocycles. The second kappa shape index (κ2) is 3.17. The molecule has 1 aliphatic heterocycles. The summed E-state index contributed by atoms with van der Waals surface area (Å²) in [4.78, 5) is 4.30. The molecule has 0 unspecified atom stereocenters. The van der Waals surface area contributed by atoms with E-state index in [-0.39, 0.29) is 5.60 Å². The van der Waals surface area contributed by atoms with Gasteiger partial charge in [0.1, 0.15) is 0 Å². The molecule has 2 aliphatic rings. The maximum atomic E-state index is 5.88. The van der Waals surface area contributed by atoms with Gasteiger partial charge in [-0.2, -0.15) is 0 Å². The Balaban J connectivity index is 2.06. The van der Waals surface area contributed by atoms with Gasteiger partial charge in [-0.25, -0.2) is 0 Å². The molecule has 0 radical (unpaired) electrons. The van der Waals surface area contributed by atoms with Crippen LogP contribution in [0.25, 0.3) is 0 Å². The van der Waals surface area contributed by atoms with Crippen molar-refractivity contribution >= 4 is 5.71 Å². The summed E-state index contributed by atoms with van der Waals surface area (Å²) >= 11 is 0. The van der Waals surface area contributed by atoms with Crippen LogP contribution in [0, 0.1) is 0 Å². The van der Waals surface area contributed by atoms with E-state index in [0.29, 0.717) is 0 Å². The van der Waals surface area contributed by atoms with Crippen LogP contribution in [-0.2, 0) is 4.74 Å². The summed E-state index contributed by atoms with van der Waals surface area (Å²) in [6, 6.07) is 0. The summed E-state index contributed by atoms with van der Waals surface area (Å²) < 4.78 is 5.88. The SMILES string of the molecule is CN=C1CCOC2(CCCC2)C1. The van der Waals surface area contributed by atoms with Crippen molar-refractivity contribution in [3.8, 4) is 0 Å². The largest absolute Gasteiger partial charge is 0.374 e. The van der Waals surface area contributed by atoms with Crippen molar-refractivity contribution in [2.75, 3.05) is 13.7 Å². The second-order valence-electron chi connectivity index (χ2n) is 3.96. The monoisotopic (exact) mass is 167 g/mol.